The van der Waals surface area contributed by atoms with Crippen molar-refractivity contribution < 1.29 is 17.9 Å². The van der Waals surface area contributed by atoms with Crippen LogP contribution < -0.4 is 5.14 Å². The number of sulfonamides is 1. The maximum absolute atomic E-state index is 12.8. The summed E-state index contributed by atoms with van der Waals surface area (Å²) in [5, 5.41) is 5.13. The van der Waals surface area contributed by atoms with E-state index in [1.54, 1.807) is 26.0 Å². The topological polar surface area (TPSA) is 86.5 Å². The fourth-order valence-corrected chi connectivity index (χ4v) is 3.41. The number of nitrogens with two attached hydrogens (primary N) is 1. The Balaban J connectivity index is 2.15. The quantitative estimate of drug-likeness (QED) is 0.822. The number of hydrogen-bond acceptors (Lipinski definition) is 4. The minimum Gasteiger partial charge on any atom is -0.478 e. The van der Waals surface area contributed by atoms with Crippen LogP contribution in [0.25, 0.3) is 11.3 Å². The van der Waals surface area contributed by atoms with Crippen LogP contribution in [-0.2, 0) is 19.6 Å². The van der Waals surface area contributed by atoms with Crippen LogP contribution in [0.2, 0.25) is 0 Å². The largest absolute Gasteiger partial charge is 0.478 e. The lowest BCUT2D eigenvalue weighted by Crippen LogP contribution is -2.29. The molecule has 0 bridgehead atoms. The highest BCUT2D eigenvalue weighted by Gasteiger charge is 2.42. The minimum atomic E-state index is -3.78. The molecule has 1 aliphatic rings. The zero-order chi connectivity index (χ0) is 18.4. The first kappa shape index (κ1) is 17.8. The Morgan fingerprint density at radius 2 is 1.48 bits per heavy atom. The molecule has 2 N–H and O–H groups in total. The number of ether oxygens (including phenoxy) is 1. The molecule has 25 heavy (non-hydrogen) atoms. The summed E-state index contributed by atoms with van der Waals surface area (Å²) < 4.78 is 29.6. The van der Waals surface area contributed by atoms with Crippen molar-refractivity contribution >= 4 is 43.1 Å². The molecule has 0 spiro atoms. The predicted molar refractivity (Wildman–Crippen MR) is 98.9 cm³/mol. The molecule has 2 aromatic rings. The van der Waals surface area contributed by atoms with Crippen molar-refractivity contribution in [3.05, 3.63) is 64.1 Å². The Kier molecular flexibility index (Phi) is 4.35. The van der Waals surface area contributed by atoms with Crippen molar-refractivity contribution in [3.8, 4) is 0 Å². The van der Waals surface area contributed by atoms with Gasteiger partial charge in [-0.25, -0.2) is 13.6 Å². The Bertz CT molecular complexity index is 975. The second kappa shape index (κ2) is 6.09. The number of halogens is 1. The maximum atomic E-state index is 12.8. The van der Waals surface area contributed by atoms with Gasteiger partial charge in [-0.3, -0.25) is 4.79 Å². The third-order valence-electron chi connectivity index (χ3n) is 3.94. The summed E-state index contributed by atoms with van der Waals surface area (Å²) in [6.07, 6.45) is 0. The van der Waals surface area contributed by atoms with E-state index >= 15 is 0 Å². The molecule has 0 fully saturated rings. The number of hydrogen-bond donors (Lipinski definition) is 1. The SMILES string of the molecule is CC1(C)OC(c2ccc(S(N)(=O)=O)cc2)=C(c2ccc(Br)cc2)C1=O. The van der Waals surface area contributed by atoms with E-state index in [1.807, 2.05) is 24.3 Å². The standard InChI is InChI=1S/C18H16BrNO4S/c1-18(2)17(21)15(11-3-7-13(19)8-4-11)16(24-18)12-5-9-14(10-6-12)25(20,22)23/h3-10H,1-2H3,(H2,20,22,23). The predicted octanol–water partition coefficient (Wildman–Crippen LogP) is 3.34. The molecule has 0 saturated carbocycles. The summed E-state index contributed by atoms with van der Waals surface area (Å²) in [6, 6.07) is 13.3. The summed E-state index contributed by atoms with van der Waals surface area (Å²) in [7, 11) is -3.78. The fourth-order valence-electron chi connectivity index (χ4n) is 2.63. The molecule has 0 radical (unpaired) electrons. The molecule has 130 valence electrons. The summed E-state index contributed by atoms with van der Waals surface area (Å²) in [5.41, 5.74) is 0.838. The monoisotopic (exact) mass is 421 g/mol. The van der Waals surface area contributed by atoms with Gasteiger partial charge in [-0.1, -0.05) is 28.1 Å². The highest BCUT2D eigenvalue weighted by atomic mass is 79.9. The van der Waals surface area contributed by atoms with E-state index in [-0.39, 0.29) is 10.7 Å². The van der Waals surface area contributed by atoms with Crippen LogP contribution in [0.4, 0.5) is 0 Å². The first-order valence-electron chi connectivity index (χ1n) is 7.47. The minimum absolute atomic E-state index is 0.00521. The number of ketones is 1. The van der Waals surface area contributed by atoms with Crippen LogP contribution in [0.3, 0.4) is 0 Å². The van der Waals surface area contributed by atoms with E-state index in [2.05, 4.69) is 15.9 Å². The van der Waals surface area contributed by atoms with E-state index in [9.17, 15) is 13.2 Å². The third kappa shape index (κ3) is 3.40. The number of carbonyl (C=O) groups excluding carboxylic acids is 1. The first-order chi connectivity index (χ1) is 11.6. The van der Waals surface area contributed by atoms with E-state index in [4.69, 9.17) is 9.88 Å². The van der Waals surface area contributed by atoms with E-state index in [0.29, 0.717) is 16.9 Å². The second-order valence-electron chi connectivity index (χ2n) is 6.22. The Morgan fingerprint density at radius 1 is 0.960 bits per heavy atom. The number of benzene rings is 2. The van der Waals surface area contributed by atoms with Crippen LogP contribution in [0.1, 0.15) is 25.0 Å². The fraction of sp³-hybridized carbons (Fsp3) is 0.167. The van der Waals surface area contributed by atoms with E-state index in [0.717, 1.165) is 10.0 Å². The lowest BCUT2D eigenvalue weighted by molar-refractivity contribution is -0.125. The number of primary sulfonamides is 1. The molecule has 0 amide bonds. The van der Waals surface area contributed by atoms with Gasteiger partial charge in [0.2, 0.25) is 15.8 Å². The molecule has 7 heteroatoms. The Labute approximate surface area is 154 Å². The molecule has 0 atom stereocenters. The molecule has 0 aromatic heterocycles. The van der Waals surface area contributed by atoms with Crippen molar-refractivity contribution in [2.45, 2.75) is 24.3 Å². The van der Waals surface area contributed by atoms with Gasteiger partial charge < -0.3 is 4.74 Å². The van der Waals surface area contributed by atoms with Gasteiger partial charge in [-0.05, 0) is 55.8 Å². The van der Waals surface area contributed by atoms with Gasteiger partial charge in [0.1, 0.15) is 5.76 Å². The van der Waals surface area contributed by atoms with E-state index in [1.165, 1.54) is 12.1 Å². The smallest absolute Gasteiger partial charge is 0.238 e. The number of Topliss-reactive ketones (excluding diaryl/α,β-unsaturated/α-hetero) is 1. The van der Waals surface area contributed by atoms with Crippen LogP contribution in [0.5, 0.6) is 0 Å². The lowest BCUT2D eigenvalue weighted by atomic mass is 9.93. The molecule has 1 heterocycles. The van der Waals surface area contributed by atoms with Gasteiger partial charge in [0.25, 0.3) is 0 Å². The average molecular weight is 422 g/mol. The van der Waals surface area contributed by atoms with Crippen molar-refractivity contribution in [1.29, 1.82) is 0 Å². The second-order valence-corrected chi connectivity index (χ2v) is 8.70. The molecular formula is C18H16BrNO4S. The van der Waals surface area contributed by atoms with Crippen LogP contribution in [0, 0.1) is 0 Å². The molecule has 0 unspecified atom stereocenters. The summed E-state index contributed by atoms with van der Waals surface area (Å²) in [4.78, 5) is 12.8. The number of rotatable bonds is 3. The highest BCUT2D eigenvalue weighted by molar-refractivity contribution is 9.10. The van der Waals surface area contributed by atoms with Gasteiger partial charge in [-0.2, -0.15) is 0 Å². The molecule has 0 aliphatic carbocycles. The highest BCUT2D eigenvalue weighted by Crippen LogP contribution is 2.41. The average Bonchev–Trinajstić information content (AvgIpc) is 2.78. The summed E-state index contributed by atoms with van der Waals surface area (Å²) in [6.45, 7) is 3.42. The zero-order valence-corrected chi connectivity index (χ0v) is 16.0. The van der Waals surface area contributed by atoms with Gasteiger partial charge >= 0.3 is 0 Å². The van der Waals surface area contributed by atoms with Crippen molar-refractivity contribution in [2.24, 2.45) is 5.14 Å². The Hall–Kier alpha value is -1.96. The van der Waals surface area contributed by atoms with Crippen molar-refractivity contribution in [1.82, 2.24) is 0 Å². The van der Waals surface area contributed by atoms with Crippen LogP contribution >= 0.6 is 15.9 Å². The normalized spacial score (nSPS) is 16.9. The first-order valence-corrected chi connectivity index (χ1v) is 9.81. The van der Waals surface area contributed by atoms with Crippen molar-refractivity contribution in [3.63, 3.8) is 0 Å². The van der Waals surface area contributed by atoms with Crippen LogP contribution in [0.15, 0.2) is 57.9 Å². The zero-order valence-electron chi connectivity index (χ0n) is 13.6. The number of carbonyl (C=O) groups is 1. The molecule has 0 saturated heterocycles. The maximum Gasteiger partial charge on any atom is 0.238 e. The Morgan fingerprint density at radius 3 is 2.00 bits per heavy atom. The lowest BCUT2D eigenvalue weighted by Gasteiger charge is -2.17. The van der Waals surface area contributed by atoms with Crippen molar-refractivity contribution in [2.75, 3.05) is 0 Å². The van der Waals surface area contributed by atoms with Gasteiger partial charge in [-0.15, -0.1) is 0 Å². The molecule has 1 aliphatic heterocycles. The van der Waals surface area contributed by atoms with E-state index < -0.39 is 15.6 Å². The van der Waals surface area contributed by atoms with Crippen LogP contribution in [-0.4, -0.2) is 19.8 Å². The van der Waals surface area contributed by atoms with Gasteiger partial charge in [0.05, 0.1) is 10.5 Å². The van der Waals surface area contributed by atoms with Gasteiger partial charge in [0.15, 0.2) is 5.60 Å². The third-order valence-corrected chi connectivity index (χ3v) is 5.39. The molecular weight excluding hydrogens is 406 g/mol. The molecule has 3 rings (SSSR count). The summed E-state index contributed by atoms with van der Waals surface area (Å²) >= 11 is 3.38. The molecule has 5 nitrogen and oxygen atoms in total. The summed E-state index contributed by atoms with van der Waals surface area (Å²) in [5.74, 6) is 0.304. The molecule has 2 aromatic carbocycles. The van der Waals surface area contributed by atoms with Gasteiger partial charge in [0, 0.05) is 10.0 Å².